The molecule has 3 atom stereocenters. The molecule has 226 valence electrons. The molecule has 0 radical (unpaired) electrons. The summed E-state index contributed by atoms with van der Waals surface area (Å²) in [4.78, 5) is 53.4. The lowest BCUT2D eigenvalue weighted by atomic mass is 9.98. The molecule has 1 saturated heterocycles. The third kappa shape index (κ3) is 10.1. The standard InChI is InChI=1S/C33H43N3O6/c1-23(2)28(16-11-19-42-24(3)37)34-32(39)29(20-25-12-6-5-7-13-25)35-33(40)30-17-8-9-18-36(30)22-31(38)26-14-10-15-27(21-26)41-4/h5-7,10-16,21,23,28-30H,8-9,17-20,22H2,1-4H3,(H,34,39)(H,35,40)/b16-11+/t28-,29+,30?/m1/s1. The van der Waals surface area contributed by atoms with Crippen LogP contribution < -0.4 is 15.4 Å². The smallest absolute Gasteiger partial charge is 0.302 e. The summed E-state index contributed by atoms with van der Waals surface area (Å²) in [6.45, 7) is 6.13. The van der Waals surface area contributed by atoms with Crippen molar-refractivity contribution in [1.82, 2.24) is 15.5 Å². The van der Waals surface area contributed by atoms with Crippen molar-refractivity contribution in [3.05, 3.63) is 77.9 Å². The molecule has 2 aromatic carbocycles. The molecular formula is C33H43N3O6. The fourth-order valence-corrected chi connectivity index (χ4v) is 4.95. The Hall–Kier alpha value is -3.98. The van der Waals surface area contributed by atoms with Crippen molar-refractivity contribution in [2.45, 2.75) is 64.6 Å². The van der Waals surface area contributed by atoms with Gasteiger partial charge in [0, 0.05) is 24.9 Å². The summed E-state index contributed by atoms with van der Waals surface area (Å²) in [5.74, 6) is -0.380. The van der Waals surface area contributed by atoms with Crippen LogP contribution in [0.25, 0.3) is 0 Å². The predicted octanol–water partition coefficient (Wildman–Crippen LogP) is 3.72. The van der Waals surface area contributed by atoms with Gasteiger partial charge >= 0.3 is 5.97 Å². The van der Waals surface area contributed by atoms with Gasteiger partial charge in [0.05, 0.1) is 19.7 Å². The van der Waals surface area contributed by atoms with Crippen LogP contribution in [0.2, 0.25) is 0 Å². The third-order valence-electron chi connectivity index (χ3n) is 7.32. The number of amides is 2. The van der Waals surface area contributed by atoms with Gasteiger partial charge in [-0.15, -0.1) is 0 Å². The van der Waals surface area contributed by atoms with E-state index in [9.17, 15) is 19.2 Å². The largest absolute Gasteiger partial charge is 0.497 e. The maximum absolute atomic E-state index is 13.7. The molecule has 2 amide bonds. The first kappa shape index (κ1) is 32.5. The number of Topliss-reactive ketones (excluding diaryl/α,β-unsaturated/α-hetero) is 1. The van der Waals surface area contributed by atoms with Crippen LogP contribution in [0.15, 0.2) is 66.7 Å². The molecule has 0 aliphatic carbocycles. The van der Waals surface area contributed by atoms with E-state index in [-0.39, 0.29) is 48.7 Å². The maximum atomic E-state index is 13.7. The lowest BCUT2D eigenvalue weighted by Gasteiger charge is -2.35. The van der Waals surface area contributed by atoms with Gasteiger partial charge in [-0.3, -0.25) is 24.1 Å². The van der Waals surface area contributed by atoms with Crippen molar-refractivity contribution >= 4 is 23.6 Å². The van der Waals surface area contributed by atoms with Crippen LogP contribution in [0, 0.1) is 5.92 Å². The van der Waals surface area contributed by atoms with Crippen LogP contribution >= 0.6 is 0 Å². The van der Waals surface area contributed by atoms with Gasteiger partial charge < -0.3 is 20.1 Å². The Balaban J connectivity index is 1.74. The molecule has 9 heteroatoms. The monoisotopic (exact) mass is 577 g/mol. The van der Waals surface area contributed by atoms with E-state index in [0.717, 1.165) is 18.4 Å². The summed E-state index contributed by atoms with van der Waals surface area (Å²) in [6.07, 6.45) is 6.18. The normalized spacial score (nSPS) is 16.9. The second kappa shape index (κ2) is 16.5. The zero-order valence-electron chi connectivity index (χ0n) is 25.0. The highest BCUT2D eigenvalue weighted by Crippen LogP contribution is 2.20. The van der Waals surface area contributed by atoms with Crippen LogP contribution in [-0.4, -0.2) is 73.4 Å². The molecule has 2 aromatic rings. The molecule has 42 heavy (non-hydrogen) atoms. The third-order valence-corrected chi connectivity index (χ3v) is 7.32. The Kier molecular flexibility index (Phi) is 12.7. The molecular weight excluding hydrogens is 534 g/mol. The number of ketones is 1. The van der Waals surface area contributed by atoms with Crippen molar-refractivity contribution in [1.29, 1.82) is 0 Å². The molecule has 0 bridgehead atoms. The number of likely N-dealkylation sites (tertiary alicyclic amines) is 1. The van der Waals surface area contributed by atoms with E-state index >= 15 is 0 Å². The van der Waals surface area contributed by atoms with Gasteiger partial charge in [-0.25, -0.2) is 0 Å². The first-order valence-corrected chi connectivity index (χ1v) is 14.5. The van der Waals surface area contributed by atoms with E-state index in [1.165, 1.54) is 6.92 Å². The Morgan fingerprint density at radius 3 is 2.48 bits per heavy atom. The van der Waals surface area contributed by atoms with E-state index in [0.29, 0.717) is 30.7 Å². The fraction of sp³-hybridized carbons (Fsp3) is 0.455. The van der Waals surface area contributed by atoms with Gasteiger partial charge in [0.15, 0.2) is 5.78 Å². The zero-order chi connectivity index (χ0) is 30.5. The number of rotatable bonds is 14. The minimum Gasteiger partial charge on any atom is -0.497 e. The molecule has 1 unspecified atom stereocenters. The van der Waals surface area contributed by atoms with Crippen molar-refractivity contribution in [2.24, 2.45) is 5.92 Å². The Morgan fingerprint density at radius 2 is 1.79 bits per heavy atom. The van der Waals surface area contributed by atoms with Gasteiger partial charge in [0.2, 0.25) is 11.8 Å². The number of methoxy groups -OCH3 is 1. The number of benzene rings is 2. The zero-order valence-corrected chi connectivity index (χ0v) is 25.0. The summed E-state index contributed by atoms with van der Waals surface area (Å²) >= 11 is 0. The van der Waals surface area contributed by atoms with Gasteiger partial charge in [-0.1, -0.05) is 68.8 Å². The number of carbonyl (C=O) groups excluding carboxylic acids is 4. The summed E-state index contributed by atoms with van der Waals surface area (Å²) in [6, 6.07) is 14.9. The Labute approximate surface area is 248 Å². The van der Waals surface area contributed by atoms with Crippen LogP contribution in [0.4, 0.5) is 0 Å². The highest BCUT2D eigenvalue weighted by molar-refractivity contribution is 5.98. The number of nitrogens with one attached hydrogen (secondary N) is 2. The first-order valence-electron chi connectivity index (χ1n) is 14.5. The second-order valence-electron chi connectivity index (χ2n) is 10.9. The number of esters is 1. The van der Waals surface area contributed by atoms with Crippen LogP contribution in [-0.2, 0) is 25.5 Å². The summed E-state index contributed by atoms with van der Waals surface area (Å²) in [5.41, 5.74) is 1.44. The highest BCUT2D eigenvalue weighted by atomic mass is 16.5. The van der Waals surface area contributed by atoms with Gasteiger partial charge in [0.25, 0.3) is 0 Å². The van der Waals surface area contributed by atoms with Crippen molar-refractivity contribution in [3.8, 4) is 5.75 Å². The minimum atomic E-state index is -0.819. The van der Waals surface area contributed by atoms with E-state index in [2.05, 4.69) is 10.6 Å². The van der Waals surface area contributed by atoms with Gasteiger partial charge in [-0.2, -0.15) is 0 Å². The molecule has 3 rings (SSSR count). The highest BCUT2D eigenvalue weighted by Gasteiger charge is 2.33. The first-order chi connectivity index (χ1) is 20.2. The molecule has 1 heterocycles. The molecule has 2 N–H and O–H groups in total. The molecule has 1 aliphatic rings. The topological polar surface area (TPSA) is 114 Å². The number of nitrogens with zero attached hydrogens (tertiary/aromatic N) is 1. The maximum Gasteiger partial charge on any atom is 0.302 e. The summed E-state index contributed by atoms with van der Waals surface area (Å²) < 4.78 is 10.2. The number of piperidine rings is 1. The van der Waals surface area contributed by atoms with Crippen molar-refractivity contribution < 1.29 is 28.7 Å². The number of hydrogen-bond acceptors (Lipinski definition) is 7. The molecule has 0 aromatic heterocycles. The lowest BCUT2D eigenvalue weighted by Crippen LogP contribution is -2.57. The molecule has 1 fully saturated rings. The van der Waals surface area contributed by atoms with Crippen LogP contribution in [0.3, 0.4) is 0 Å². The van der Waals surface area contributed by atoms with Crippen LogP contribution in [0.1, 0.15) is 56.0 Å². The average molecular weight is 578 g/mol. The molecule has 0 saturated carbocycles. The van der Waals surface area contributed by atoms with Gasteiger partial charge in [-0.05, 0) is 49.1 Å². The number of hydrogen-bond donors (Lipinski definition) is 2. The van der Waals surface area contributed by atoms with E-state index in [4.69, 9.17) is 9.47 Å². The van der Waals surface area contributed by atoms with Crippen molar-refractivity contribution in [2.75, 3.05) is 26.8 Å². The second-order valence-corrected chi connectivity index (χ2v) is 10.9. The number of ether oxygens (including phenoxy) is 2. The average Bonchev–Trinajstić information content (AvgIpc) is 2.98. The molecule has 9 nitrogen and oxygen atoms in total. The summed E-state index contributed by atoms with van der Waals surface area (Å²) in [7, 11) is 1.55. The molecule has 1 aliphatic heterocycles. The predicted molar refractivity (Wildman–Crippen MR) is 161 cm³/mol. The SMILES string of the molecule is COc1cccc(C(=O)CN2CCCCC2C(=O)N[C@@H](Cc2ccccc2)C(=O)N[C@H](/C=C/COC(C)=O)C(C)C)c1. The Morgan fingerprint density at radius 1 is 1.02 bits per heavy atom. The van der Waals surface area contributed by atoms with E-state index in [1.54, 1.807) is 43.5 Å². The number of carbonyl (C=O) groups is 4. The van der Waals surface area contributed by atoms with Crippen LogP contribution in [0.5, 0.6) is 5.75 Å². The fourth-order valence-electron chi connectivity index (χ4n) is 4.95. The van der Waals surface area contributed by atoms with E-state index < -0.39 is 12.1 Å². The quantitative estimate of drug-likeness (QED) is 0.200. The van der Waals surface area contributed by atoms with E-state index in [1.807, 2.05) is 49.1 Å². The minimum absolute atomic E-state index is 0.0621. The van der Waals surface area contributed by atoms with Crippen molar-refractivity contribution in [3.63, 3.8) is 0 Å². The summed E-state index contributed by atoms with van der Waals surface area (Å²) in [5, 5.41) is 6.05. The van der Waals surface area contributed by atoms with Gasteiger partial charge in [0.1, 0.15) is 18.4 Å². The molecule has 0 spiro atoms. The Bertz CT molecular complexity index is 1230. The lowest BCUT2D eigenvalue weighted by molar-refractivity contribution is -0.139.